The molecule has 0 aliphatic heterocycles. The van der Waals surface area contributed by atoms with Gasteiger partial charge in [0.2, 0.25) is 0 Å². The van der Waals surface area contributed by atoms with E-state index in [0.29, 0.717) is 35.2 Å². The van der Waals surface area contributed by atoms with Gasteiger partial charge in [-0.3, -0.25) is 14.2 Å². The van der Waals surface area contributed by atoms with Crippen LogP contribution in [0.3, 0.4) is 0 Å². The molecule has 0 radical (unpaired) electrons. The van der Waals surface area contributed by atoms with Gasteiger partial charge in [0.05, 0.1) is 36.3 Å². The van der Waals surface area contributed by atoms with Gasteiger partial charge in [0.1, 0.15) is 16.3 Å². The summed E-state index contributed by atoms with van der Waals surface area (Å²) in [7, 11) is 0. The van der Waals surface area contributed by atoms with Crippen molar-refractivity contribution in [3.63, 3.8) is 0 Å². The Labute approximate surface area is 235 Å². The van der Waals surface area contributed by atoms with E-state index in [1.54, 1.807) is 22.1 Å². The number of hydrogen-bond acceptors (Lipinski definition) is 8. The summed E-state index contributed by atoms with van der Waals surface area (Å²) in [5.41, 5.74) is 5.05. The molecule has 1 N–H and O–H groups in total. The maximum atomic E-state index is 13.9. The zero-order chi connectivity index (χ0) is 27.2. The molecule has 2 heterocycles. The normalized spacial score (nSPS) is 13.0. The molecule has 10 heteroatoms. The summed E-state index contributed by atoms with van der Waals surface area (Å²) in [5.74, 6) is 1.17. The molecule has 0 saturated carbocycles. The van der Waals surface area contributed by atoms with Gasteiger partial charge in [-0.05, 0) is 81.5 Å². The Hall–Kier alpha value is -3.63. The number of hydrazone groups is 1. The molecule has 0 spiro atoms. The molecule has 4 aromatic rings. The number of benzene rings is 2. The minimum absolute atomic E-state index is 0.0461. The largest absolute Gasteiger partial charge is 0.494 e. The fourth-order valence-corrected chi connectivity index (χ4v) is 6.69. The van der Waals surface area contributed by atoms with E-state index in [4.69, 9.17) is 14.5 Å². The Balaban J connectivity index is 1.41. The first-order chi connectivity index (χ1) is 19.1. The van der Waals surface area contributed by atoms with Gasteiger partial charge in [0.15, 0.2) is 5.16 Å². The maximum absolute atomic E-state index is 13.9. The summed E-state index contributed by atoms with van der Waals surface area (Å²) in [6.45, 7) is 4.94. The molecule has 0 fully saturated rings. The van der Waals surface area contributed by atoms with E-state index in [9.17, 15) is 9.59 Å². The van der Waals surface area contributed by atoms with Crippen molar-refractivity contribution in [1.82, 2.24) is 15.0 Å². The Morgan fingerprint density at radius 1 is 1.10 bits per heavy atom. The topological polar surface area (TPSA) is 94.8 Å². The van der Waals surface area contributed by atoms with Gasteiger partial charge in [0.25, 0.3) is 11.5 Å². The zero-order valence-corrected chi connectivity index (χ0v) is 23.6. The average molecular weight is 563 g/mol. The van der Waals surface area contributed by atoms with Crippen molar-refractivity contribution in [2.45, 2.75) is 44.7 Å². The van der Waals surface area contributed by atoms with Crippen molar-refractivity contribution in [2.75, 3.05) is 19.0 Å². The van der Waals surface area contributed by atoms with Gasteiger partial charge in [-0.15, -0.1) is 11.3 Å². The second-order valence-corrected chi connectivity index (χ2v) is 10.9. The predicted octanol–water partition coefficient (Wildman–Crippen LogP) is 5.37. The van der Waals surface area contributed by atoms with E-state index < -0.39 is 0 Å². The van der Waals surface area contributed by atoms with E-state index in [0.717, 1.165) is 47.4 Å². The summed E-state index contributed by atoms with van der Waals surface area (Å²) in [5, 5.41) is 5.27. The summed E-state index contributed by atoms with van der Waals surface area (Å²) in [4.78, 5) is 33.5. The number of aromatic nitrogens is 2. The Morgan fingerprint density at radius 3 is 2.67 bits per heavy atom. The molecule has 0 unspecified atom stereocenters. The lowest BCUT2D eigenvalue weighted by Crippen LogP contribution is -2.24. The van der Waals surface area contributed by atoms with Gasteiger partial charge < -0.3 is 9.47 Å². The highest BCUT2D eigenvalue weighted by Crippen LogP contribution is 2.35. The van der Waals surface area contributed by atoms with E-state index in [1.807, 2.05) is 62.4 Å². The van der Waals surface area contributed by atoms with Crippen molar-refractivity contribution < 1.29 is 14.3 Å². The van der Waals surface area contributed by atoms with Gasteiger partial charge in [-0.25, -0.2) is 10.4 Å². The van der Waals surface area contributed by atoms with Crippen LogP contribution in [-0.4, -0.2) is 40.6 Å². The smallest absolute Gasteiger partial charge is 0.267 e. The molecular weight excluding hydrogens is 532 g/mol. The molecule has 39 heavy (non-hydrogen) atoms. The minimum atomic E-state index is -0.303. The number of nitrogens with one attached hydrogen (secondary N) is 1. The number of carbonyl (C=O) groups is 1. The Bertz CT molecular complexity index is 1560. The molecule has 1 aliphatic rings. The van der Waals surface area contributed by atoms with Crippen LogP contribution in [0.4, 0.5) is 0 Å². The molecule has 202 valence electrons. The number of ether oxygens (including phenoxy) is 2. The summed E-state index contributed by atoms with van der Waals surface area (Å²) in [6.07, 6.45) is 5.64. The second kappa shape index (κ2) is 12.5. The van der Waals surface area contributed by atoms with Crippen LogP contribution in [0.1, 0.15) is 42.7 Å². The van der Waals surface area contributed by atoms with Crippen molar-refractivity contribution in [3.05, 3.63) is 74.9 Å². The predicted molar refractivity (Wildman–Crippen MR) is 157 cm³/mol. The number of carbonyl (C=O) groups excluding carboxylic acids is 1. The van der Waals surface area contributed by atoms with Crippen LogP contribution < -0.4 is 20.5 Å². The molecule has 2 aromatic carbocycles. The number of amides is 1. The van der Waals surface area contributed by atoms with Crippen molar-refractivity contribution in [3.8, 4) is 17.2 Å². The number of thiophene rings is 1. The number of hydrogen-bond donors (Lipinski definition) is 1. The SMILES string of the molecule is CCOc1ccc(-n2c(SCC(=O)NN=Cc3ccccc3OCC)nc3sc4c(c3c2=O)CCCC4)cc1. The quantitative estimate of drug-likeness (QED) is 0.121. The van der Waals surface area contributed by atoms with Crippen LogP contribution in [0.25, 0.3) is 15.9 Å². The van der Waals surface area contributed by atoms with Crippen LogP contribution >= 0.6 is 23.1 Å². The summed E-state index contributed by atoms with van der Waals surface area (Å²) in [6, 6.07) is 14.9. The molecule has 0 atom stereocenters. The molecule has 2 aromatic heterocycles. The van der Waals surface area contributed by atoms with Gasteiger partial charge in [-0.1, -0.05) is 23.9 Å². The van der Waals surface area contributed by atoms with Crippen molar-refractivity contribution in [1.29, 1.82) is 0 Å². The molecule has 5 rings (SSSR count). The van der Waals surface area contributed by atoms with Crippen molar-refractivity contribution >= 4 is 45.4 Å². The lowest BCUT2D eigenvalue weighted by Gasteiger charge is -2.14. The van der Waals surface area contributed by atoms with E-state index >= 15 is 0 Å². The highest BCUT2D eigenvalue weighted by atomic mass is 32.2. The fourth-order valence-electron chi connectivity index (χ4n) is 4.58. The standard InChI is InChI=1S/C29H30N4O4S2/c1-3-36-21-15-13-20(14-16-21)33-28(35)26-22-10-6-8-12-24(22)39-27(26)31-29(33)38-18-25(34)32-30-17-19-9-5-7-11-23(19)37-4-2/h5,7,9,11,13-17H,3-4,6,8,10,12,18H2,1-2H3,(H,32,34). The van der Waals surface area contributed by atoms with Crippen LogP contribution in [-0.2, 0) is 17.6 Å². The minimum Gasteiger partial charge on any atom is -0.494 e. The third-order valence-electron chi connectivity index (χ3n) is 6.31. The number of thioether (sulfide) groups is 1. The molecule has 1 amide bonds. The first-order valence-electron chi connectivity index (χ1n) is 13.1. The second-order valence-electron chi connectivity index (χ2n) is 8.91. The van der Waals surface area contributed by atoms with Crippen LogP contribution in [0, 0.1) is 0 Å². The van der Waals surface area contributed by atoms with Crippen LogP contribution in [0.5, 0.6) is 11.5 Å². The van der Waals surface area contributed by atoms with E-state index in [-0.39, 0.29) is 17.2 Å². The van der Waals surface area contributed by atoms with Crippen molar-refractivity contribution in [2.24, 2.45) is 5.10 Å². The first-order valence-corrected chi connectivity index (χ1v) is 14.9. The third-order valence-corrected chi connectivity index (χ3v) is 8.43. The highest BCUT2D eigenvalue weighted by molar-refractivity contribution is 7.99. The Kier molecular flexibility index (Phi) is 8.63. The Morgan fingerprint density at radius 2 is 1.87 bits per heavy atom. The van der Waals surface area contributed by atoms with Gasteiger partial charge in [-0.2, -0.15) is 5.10 Å². The lowest BCUT2D eigenvalue weighted by atomic mass is 9.97. The maximum Gasteiger partial charge on any atom is 0.267 e. The van der Waals surface area contributed by atoms with Crippen LogP contribution in [0.2, 0.25) is 0 Å². The monoisotopic (exact) mass is 562 g/mol. The lowest BCUT2D eigenvalue weighted by molar-refractivity contribution is -0.118. The number of aryl methyl sites for hydroxylation is 2. The summed E-state index contributed by atoms with van der Waals surface area (Å²) >= 11 is 2.81. The number of rotatable bonds is 10. The van der Waals surface area contributed by atoms with Crippen LogP contribution in [0.15, 0.2) is 63.6 Å². The van der Waals surface area contributed by atoms with E-state index in [2.05, 4.69) is 10.5 Å². The molecule has 8 nitrogen and oxygen atoms in total. The molecule has 1 aliphatic carbocycles. The van der Waals surface area contributed by atoms with E-state index in [1.165, 1.54) is 16.6 Å². The number of nitrogens with zero attached hydrogens (tertiary/aromatic N) is 3. The number of para-hydroxylation sites is 1. The third kappa shape index (κ3) is 6.02. The van der Waals surface area contributed by atoms with Gasteiger partial charge in [0, 0.05) is 10.4 Å². The highest BCUT2D eigenvalue weighted by Gasteiger charge is 2.23. The van der Waals surface area contributed by atoms with Gasteiger partial charge >= 0.3 is 0 Å². The zero-order valence-electron chi connectivity index (χ0n) is 21.9. The molecular formula is C29H30N4O4S2. The number of fused-ring (bicyclic) bond motifs is 3. The molecule has 0 saturated heterocycles. The average Bonchev–Trinajstić information content (AvgIpc) is 3.32. The first kappa shape index (κ1) is 27.0. The fraction of sp³-hybridized carbons (Fsp3) is 0.310. The molecule has 0 bridgehead atoms. The summed E-state index contributed by atoms with van der Waals surface area (Å²) < 4.78 is 12.8.